The molecule has 2 fully saturated rings. The summed E-state index contributed by atoms with van der Waals surface area (Å²) in [5.41, 5.74) is 0.613. The van der Waals surface area contributed by atoms with Crippen molar-refractivity contribution in [3.8, 4) is 5.75 Å². The fourth-order valence-corrected chi connectivity index (χ4v) is 7.72. The van der Waals surface area contributed by atoms with E-state index in [-0.39, 0.29) is 24.5 Å². The van der Waals surface area contributed by atoms with Crippen LogP contribution in [0, 0.1) is 12.8 Å². The van der Waals surface area contributed by atoms with Crippen LogP contribution in [0.25, 0.3) is 0 Å². The molecular weight excluding hydrogens is 676 g/mol. The standard InChI is InChI=1S/C32H25Cl2F3N6O5/c1-15-11-16(3-8-24(15)44)25-20-9-10-41-29(47)40(2)30(48)43(41)23(20)13-21-27(45)42(28(46)31(21,25)17-4-6-19(33)7-5-17)39-26-22(34)12-18(14-38-26)32(35,36)37/h3-9,11-12,14,21,23,25,44H,10,13H2,1-2H3,(H,38,39)/t21-,23+,25-,31+/m0/s1. The summed E-state index contributed by atoms with van der Waals surface area (Å²) >= 11 is 12.4. The van der Waals surface area contributed by atoms with E-state index in [1.165, 1.54) is 22.5 Å². The lowest BCUT2D eigenvalue weighted by Gasteiger charge is -2.49. The second-order valence-electron chi connectivity index (χ2n) is 12.1. The number of imide groups is 1. The second kappa shape index (κ2) is 10.9. The number of pyridine rings is 1. The van der Waals surface area contributed by atoms with Crippen LogP contribution in [0.4, 0.5) is 19.0 Å². The van der Waals surface area contributed by atoms with Crippen molar-refractivity contribution < 1.29 is 27.9 Å². The van der Waals surface area contributed by atoms with E-state index in [9.17, 15) is 32.7 Å². The van der Waals surface area contributed by atoms with Crippen molar-refractivity contribution in [1.82, 2.24) is 23.9 Å². The molecule has 2 aromatic heterocycles. The summed E-state index contributed by atoms with van der Waals surface area (Å²) in [4.78, 5) is 59.8. The summed E-state index contributed by atoms with van der Waals surface area (Å²) in [5, 5.41) is 11.0. The van der Waals surface area contributed by atoms with Gasteiger partial charge in [-0.15, -0.1) is 0 Å². The maximum atomic E-state index is 15.0. The van der Waals surface area contributed by atoms with Gasteiger partial charge in [-0.3, -0.25) is 15.0 Å². The topological polar surface area (TPSA) is 131 Å². The van der Waals surface area contributed by atoms with Crippen LogP contribution in [0.15, 0.2) is 76.0 Å². The maximum absolute atomic E-state index is 15.0. The first-order chi connectivity index (χ1) is 22.7. The number of nitrogens with zero attached hydrogens (tertiary/aromatic N) is 5. The average molecular weight is 701 g/mol. The number of benzene rings is 2. The molecule has 4 aromatic rings. The highest BCUT2D eigenvalue weighted by Gasteiger charge is 2.69. The van der Waals surface area contributed by atoms with E-state index in [1.54, 1.807) is 49.4 Å². The van der Waals surface area contributed by atoms with Crippen molar-refractivity contribution in [2.45, 2.75) is 43.4 Å². The highest BCUT2D eigenvalue weighted by Crippen LogP contribution is 2.62. The van der Waals surface area contributed by atoms with Gasteiger partial charge in [0.25, 0.3) is 11.8 Å². The Balaban J connectivity index is 1.47. The van der Waals surface area contributed by atoms with Crippen molar-refractivity contribution in [2.75, 3.05) is 5.43 Å². The number of hydrogen-bond acceptors (Lipinski definition) is 7. The Morgan fingerprint density at radius 2 is 1.73 bits per heavy atom. The van der Waals surface area contributed by atoms with Crippen LogP contribution >= 0.6 is 23.2 Å². The van der Waals surface area contributed by atoms with Gasteiger partial charge in [-0.2, -0.15) is 18.2 Å². The highest BCUT2D eigenvalue weighted by atomic mass is 35.5. The lowest BCUT2D eigenvalue weighted by Crippen LogP contribution is -2.53. The van der Waals surface area contributed by atoms with Gasteiger partial charge in [-0.1, -0.05) is 53.5 Å². The van der Waals surface area contributed by atoms with E-state index in [2.05, 4.69) is 10.4 Å². The highest BCUT2D eigenvalue weighted by molar-refractivity contribution is 6.33. The number of anilines is 1. The van der Waals surface area contributed by atoms with E-state index in [0.29, 0.717) is 44.6 Å². The molecule has 2 amide bonds. The number of hydrogen-bond donors (Lipinski definition) is 2. The summed E-state index contributed by atoms with van der Waals surface area (Å²) in [6, 6.07) is 11.0. The van der Waals surface area contributed by atoms with Gasteiger partial charge in [-0.05, 0) is 59.9 Å². The van der Waals surface area contributed by atoms with Crippen LogP contribution in [0.1, 0.15) is 40.6 Å². The summed E-state index contributed by atoms with van der Waals surface area (Å²) in [6.45, 7) is 1.68. The minimum absolute atomic E-state index is 0.00482. The molecule has 0 spiro atoms. The van der Waals surface area contributed by atoms with Crippen LogP contribution in [-0.4, -0.2) is 40.8 Å². The number of carbonyl (C=O) groups excluding carboxylic acids is 2. The number of carbonyl (C=O) groups is 2. The third-order valence-corrected chi connectivity index (χ3v) is 10.1. The molecule has 2 N–H and O–H groups in total. The molecule has 11 nitrogen and oxygen atoms in total. The molecule has 0 bridgehead atoms. The first-order valence-electron chi connectivity index (χ1n) is 14.7. The van der Waals surface area contributed by atoms with Crippen LogP contribution in [0.3, 0.4) is 0 Å². The van der Waals surface area contributed by atoms with Crippen molar-refractivity contribution in [2.24, 2.45) is 13.0 Å². The lowest BCUT2D eigenvalue weighted by molar-refractivity contribution is -0.139. The molecule has 16 heteroatoms. The number of rotatable bonds is 4. The Morgan fingerprint density at radius 1 is 1.02 bits per heavy atom. The van der Waals surface area contributed by atoms with E-state index < -0.39 is 63.2 Å². The van der Waals surface area contributed by atoms with Crippen molar-refractivity contribution in [1.29, 1.82) is 0 Å². The largest absolute Gasteiger partial charge is 0.508 e. The molecule has 48 heavy (non-hydrogen) atoms. The number of nitrogens with one attached hydrogen (secondary N) is 1. The molecule has 248 valence electrons. The molecule has 0 radical (unpaired) electrons. The zero-order chi connectivity index (χ0) is 34.4. The van der Waals surface area contributed by atoms with Gasteiger partial charge in [0.15, 0.2) is 5.82 Å². The van der Waals surface area contributed by atoms with Gasteiger partial charge in [0.05, 0.1) is 34.5 Å². The summed E-state index contributed by atoms with van der Waals surface area (Å²) in [6.07, 6.45) is -2.53. The number of phenolic OH excluding ortho intramolecular Hbond substituents is 1. The maximum Gasteiger partial charge on any atom is 0.417 e. The molecule has 1 saturated carbocycles. The molecule has 4 heterocycles. The molecule has 1 aliphatic carbocycles. The summed E-state index contributed by atoms with van der Waals surface area (Å²) < 4.78 is 43.6. The monoisotopic (exact) mass is 700 g/mol. The predicted molar refractivity (Wildman–Crippen MR) is 168 cm³/mol. The number of fused-ring (bicyclic) bond motifs is 4. The molecule has 2 aliphatic heterocycles. The lowest BCUT2D eigenvalue weighted by atomic mass is 9.53. The van der Waals surface area contributed by atoms with Crippen molar-refractivity contribution in [3.05, 3.63) is 120 Å². The second-order valence-corrected chi connectivity index (χ2v) is 12.9. The summed E-state index contributed by atoms with van der Waals surface area (Å²) in [5.74, 6) is -3.99. The number of alkyl halides is 3. The van der Waals surface area contributed by atoms with Crippen LogP contribution in [-0.2, 0) is 34.8 Å². The van der Waals surface area contributed by atoms with Crippen LogP contribution in [0.2, 0.25) is 10.0 Å². The smallest absolute Gasteiger partial charge is 0.417 e. The van der Waals surface area contributed by atoms with Crippen LogP contribution in [0.5, 0.6) is 5.75 Å². The Labute approximate surface area is 279 Å². The normalized spacial score (nSPS) is 23.4. The van der Waals surface area contributed by atoms with Gasteiger partial charge >= 0.3 is 17.6 Å². The van der Waals surface area contributed by atoms with Gasteiger partial charge in [0.2, 0.25) is 0 Å². The molecule has 4 atom stereocenters. The number of halogens is 5. The molecule has 1 saturated heterocycles. The number of aromatic hydroxyl groups is 1. The Kier molecular flexibility index (Phi) is 7.18. The molecular formula is C32H25Cl2F3N6O5. The quantitative estimate of drug-likeness (QED) is 0.233. The zero-order valence-electron chi connectivity index (χ0n) is 25.1. The Hall–Kier alpha value is -4.82. The van der Waals surface area contributed by atoms with Crippen molar-refractivity contribution in [3.63, 3.8) is 0 Å². The number of aromatic nitrogens is 4. The molecule has 7 rings (SSSR count). The van der Waals surface area contributed by atoms with Gasteiger partial charge < -0.3 is 5.11 Å². The van der Waals surface area contributed by atoms with E-state index in [0.717, 1.165) is 4.57 Å². The molecule has 3 aliphatic rings. The van der Waals surface area contributed by atoms with E-state index in [4.69, 9.17) is 23.2 Å². The first kappa shape index (κ1) is 31.8. The van der Waals surface area contributed by atoms with Gasteiger partial charge in [-0.25, -0.2) is 28.5 Å². The predicted octanol–water partition coefficient (Wildman–Crippen LogP) is 4.70. The van der Waals surface area contributed by atoms with Gasteiger partial charge in [0, 0.05) is 24.2 Å². The SMILES string of the molecule is Cc1cc([C@H]2C3=CCn4c(=O)n(C)c(=O)n4[C@@H]3C[C@H]3C(=O)N(Nc4ncc(C(F)(F)F)cc4Cl)C(=O)[C@@]23c2ccc(Cl)cc2)ccc1O. The number of hydrazine groups is 1. The number of phenols is 1. The minimum atomic E-state index is -4.74. The first-order valence-corrected chi connectivity index (χ1v) is 15.4. The number of aryl methyl sites for hydroxylation is 1. The third-order valence-electron chi connectivity index (χ3n) is 9.57. The van der Waals surface area contributed by atoms with E-state index in [1.807, 2.05) is 0 Å². The van der Waals surface area contributed by atoms with Crippen LogP contribution < -0.4 is 16.8 Å². The molecule has 2 aromatic carbocycles. The fraction of sp³-hybridized carbons (Fsp3) is 0.281. The fourth-order valence-electron chi connectivity index (χ4n) is 7.39. The van der Waals surface area contributed by atoms with E-state index >= 15 is 4.79 Å². The zero-order valence-corrected chi connectivity index (χ0v) is 26.6. The summed E-state index contributed by atoms with van der Waals surface area (Å²) in [7, 11) is 1.35. The number of allylic oxidation sites excluding steroid dienone is 2. The number of amides is 2. The minimum Gasteiger partial charge on any atom is -0.508 e. The average Bonchev–Trinajstić information content (AvgIpc) is 3.39. The molecule has 0 unspecified atom stereocenters. The third kappa shape index (κ3) is 4.45. The Bertz CT molecular complexity index is 2190. The van der Waals surface area contributed by atoms with Gasteiger partial charge in [0.1, 0.15) is 5.75 Å². The Morgan fingerprint density at radius 3 is 2.38 bits per heavy atom. The van der Waals surface area contributed by atoms with Crippen molar-refractivity contribution >= 4 is 40.8 Å².